The summed E-state index contributed by atoms with van der Waals surface area (Å²) in [6.45, 7) is 1.79. The molecule has 0 fully saturated rings. The Labute approximate surface area is 138 Å². The normalized spacial score (nSPS) is 13.9. The molecule has 5 nitrogen and oxygen atoms in total. The molecule has 0 aliphatic carbocycles. The Hall–Kier alpha value is -2.34. The van der Waals surface area contributed by atoms with E-state index in [9.17, 15) is 0 Å². The number of anilines is 1. The Morgan fingerprint density at radius 3 is 2.65 bits per heavy atom. The van der Waals surface area contributed by atoms with Gasteiger partial charge in [0.05, 0.1) is 25.1 Å². The molecule has 0 amide bonds. The number of hydrogen-bond donors (Lipinski definition) is 0. The van der Waals surface area contributed by atoms with Crippen molar-refractivity contribution in [2.75, 3.05) is 25.7 Å². The summed E-state index contributed by atoms with van der Waals surface area (Å²) in [6, 6.07) is 6.19. The van der Waals surface area contributed by atoms with Gasteiger partial charge in [-0.25, -0.2) is 4.98 Å². The second-order valence-corrected chi connectivity index (χ2v) is 6.50. The average molecular weight is 327 g/mol. The monoisotopic (exact) mass is 327 g/mol. The number of methoxy groups -OCH3 is 2. The van der Waals surface area contributed by atoms with E-state index in [0.29, 0.717) is 0 Å². The first-order chi connectivity index (χ1) is 11.3. The van der Waals surface area contributed by atoms with E-state index in [0.717, 1.165) is 41.7 Å². The maximum atomic E-state index is 5.43. The molecule has 0 spiro atoms. The molecule has 3 aromatic rings. The summed E-state index contributed by atoms with van der Waals surface area (Å²) in [6.07, 6.45) is 4.61. The predicted octanol–water partition coefficient (Wildman–Crippen LogP) is 3.27. The Kier molecular flexibility index (Phi) is 3.53. The number of aromatic nitrogens is 2. The largest absolute Gasteiger partial charge is 0.493 e. The van der Waals surface area contributed by atoms with Gasteiger partial charge < -0.3 is 14.4 Å². The fourth-order valence-electron chi connectivity index (χ4n) is 2.95. The molecule has 0 radical (unpaired) electrons. The Morgan fingerprint density at radius 2 is 1.91 bits per heavy atom. The number of fused-ring (bicyclic) bond motifs is 2. The van der Waals surface area contributed by atoms with Crippen LogP contribution in [0.1, 0.15) is 11.1 Å². The van der Waals surface area contributed by atoms with Gasteiger partial charge in [0.2, 0.25) is 0 Å². The second kappa shape index (κ2) is 5.70. The lowest BCUT2D eigenvalue weighted by Crippen LogP contribution is -2.30. The molecule has 23 heavy (non-hydrogen) atoms. The zero-order valence-electron chi connectivity index (χ0n) is 13.1. The number of rotatable bonds is 3. The quantitative estimate of drug-likeness (QED) is 0.739. The molecule has 1 aliphatic heterocycles. The van der Waals surface area contributed by atoms with Crippen molar-refractivity contribution in [1.82, 2.24) is 9.97 Å². The van der Waals surface area contributed by atoms with Crippen LogP contribution in [-0.4, -0.2) is 30.7 Å². The maximum Gasteiger partial charge on any atom is 0.186 e. The summed E-state index contributed by atoms with van der Waals surface area (Å²) in [5, 5.41) is 1.05. The number of nitrogens with zero attached hydrogens (tertiary/aromatic N) is 3. The van der Waals surface area contributed by atoms with Crippen LogP contribution >= 0.6 is 11.3 Å². The third kappa shape index (κ3) is 2.49. The standard InChI is InChI=1S/C17H17N3O2S/c1-21-14-7-11-4-6-20(10-12(11)8-15(14)22-2)17-19-13-9-18-5-3-16(13)23-17/h3,5,7-9H,4,6,10H2,1-2H3. The molecule has 1 aliphatic rings. The molecule has 0 bridgehead atoms. The topological polar surface area (TPSA) is 47.5 Å². The van der Waals surface area contributed by atoms with Crippen molar-refractivity contribution in [3.63, 3.8) is 0 Å². The number of ether oxygens (including phenoxy) is 2. The smallest absolute Gasteiger partial charge is 0.186 e. The highest BCUT2D eigenvalue weighted by Gasteiger charge is 2.21. The Morgan fingerprint density at radius 1 is 1.13 bits per heavy atom. The molecule has 0 N–H and O–H groups in total. The second-order valence-electron chi connectivity index (χ2n) is 5.49. The van der Waals surface area contributed by atoms with Gasteiger partial charge in [-0.15, -0.1) is 0 Å². The van der Waals surface area contributed by atoms with E-state index in [1.54, 1.807) is 25.6 Å². The van der Waals surface area contributed by atoms with Gasteiger partial charge >= 0.3 is 0 Å². The van der Waals surface area contributed by atoms with Gasteiger partial charge in [-0.05, 0) is 35.7 Å². The molecule has 0 saturated carbocycles. The molecule has 118 valence electrons. The van der Waals surface area contributed by atoms with E-state index >= 15 is 0 Å². The van der Waals surface area contributed by atoms with Crippen molar-refractivity contribution in [3.05, 3.63) is 41.7 Å². The molecule has 2 aromatic heterocycles. The summed E-state index contributed by atoms with van der Waals surface area (Å²) in [4.78, 5) is 11.2. The van der Waals surface area contributed by atoms with Crippen LogP contribution in [0.25, 0.3) is 10.2 Å². The van der Waals surface area contributed by atoms with Crippen molar-refractivity contribution < 1.29 is 9.47 Å². The number of hydrogen-bond acceptors (Lipinski definition) is 6. The van der Waals surface area contributed by atoms with Gasteiger partial charge in [0.1, 0.15) is 5.52 Å². The molecule has 0 atom stereocenters. The first-order valence-electron chi connectivity index (χ1n) is 7.48. The fourth-order valence-corrected chi connectivity index (χ4v) is 3.91. The minimum atomic E-state index is 0.779. The number of thiazole rings is 1. The highest BCUT2D eigenvalue weighted by Crippen LogP contribution is 2.36. The Bertz CT molecular complexity index is 829. The molecule has 0 saturated heterocycles. The zero-order valence-corrected chi connectivity index (χ0v) is 13.9. The lowest BCUT2D eigenvalue weighted by atomic mass is 9.99. The summed E-state index contributed by atoms with van der Waals surface area (Å²) in [5.41, 5.74) is 3.55. The Balaban J connectivity index is 1.67. The van der Waals surface area contributed by atoms with Gasteiger partial charge in [-0.1, -0.05) is 11.3 Å². The molecule has 6 heteroatoms. The molecule has 0 unspecified atom stereocenters. The van der Waals surface area contributed by atoms with E-state index < -0.39 is 0 Å². The summed E-state index contributed by atoms with van der Waals surface area (Å²) in [7, 11) is 3.35. The minimum Gasteiger partial charge on any atom is -0.493 e. The SMILES string of the molecule is COc1cc2c(cc1OC)CN(c1nc3cnccc3s1)CC2. The van der Waals surface area contributed by atoms with Crippen LogP contribution in [-0.2, 0) is 13.0 Å². The summed E-state index contributed by atoms with van der Waals surface area (Å²) < 4.78 is 12.0. The van der Waals surface area contributed by atoms with Crippen LogP contribution in [0.5, 0.6) is 11.5 Å². The van der Waals surface area contributed by atoms with Crippen LogP contribution < -0.4 is 14.4 Å². The van der Waals surface area contributed by atoms with E-state index in [1.807, 2.05) is 18.5 Å². The van der Waals surface area contributed by atoms with Gasteiger partial charge in [-0.2, -0.15) is 0 Å². The first-order valence-corrected chi connectivity index (χ1v) is 8.29. The fraction of sp³-hybridized carbons (Fsp3) is 0.294. The van der Waals surface area contributed by atoms with Crippen molar-refractivity contribution >= 4 is 26.7 Å². The third-order valence-electron chi connectivity index (χ3n) is 4.17. The third-order valence-corrected chi connectivity index (χ3v) is 5.26. The summed E-state index contributed by atoms with van der Waals surface area (Å²) in [5.74, 6) is 1.58. The lowest BCUT2D eigenvalue weighted by molar-refractivity contribution is 0.353. The highest BCUT2D eigenvalue weighted by atomic mass is 32.1. The predicted molar refractivity (Wildman–Crippen MR) is 91.7 cm³/mol. The number of benzene rings is 1. The van der Waals surface area contributed by atoms with Gasteiger partial charge in [0.25, 0.3) is 0 Å². The van der Waals surface area contributed by atoms with Crippen LogP contribution in [0, 0.1) is 0 Å². The van der Waals surface area contributed by atoms with E-state index in [1.165, 1.54) is 15.8 Å². The minimum absolute atomic E-state index is 0.779. The lowest BCUT2D eigenvalue weighted by Gasteiger charge is -2.29. The van der Waals surface area contributed by atoms with Crippen molar-refractivity contribution in [2.45, 2.75) is 13.0 Å². The molecular formula is C17H17N3O2S. The van der Waals surface area contributed by atoms with Crippen LogP contribution in [0.3, 0.4) is 0 Å². The average Bonchev–Trinajstić information content (AvgIpc) is 3.04. The van der Waals surface area contributed by atoms with E-state index in [-0.39, 0.29) is 0 Å². The van der Waals surface area contributed by atoms with Crippen LogP contribution in [0.15, 0.2) is 30.6 Å². The van der Waals surface area contributed by atoms with E-state index in [2.05, 4.69) is 22.0 Å². The molecule has 1 aromatic carbocycles. The first kappa shape index (κ1) is 14.3. The maximum absolute atomic E-state index is 5.43. The summed E-state index contributed by atoms with van der Waals surface area (Å²) >= 11 is 1.71. The molecule has 3 heterocycles. The van der Waals surface area contributed by atoms with Crippen LogP contribution in [0.2, 0.25) is 0 Å². The molecule has 4 rings (SSSR count). The van der Waals surface area contributed by atoms with Crippen molar-refractivity contribution in [2.24, 2.45) is 0 Å². The zero-order chi connectivity index (χ0) is 15.8. The van der Waals surface area contributed by atoms with Crippen molar-refractivity contribution in [1.29, 1.82) is 0 Å². The van der Waals surface area contributed by atoms with Crippen molar-refractivity contribution in [3.8, 4) is 11.5 Å². The van der Waals surface area contributed by atoms with E-state index in [4.69, 9.17) is 14.5 Å². The molecular weight excluding hydrogens is 310 g/mol. The van der Waals surface area contributed by atoms with Gasteiger partial charge in [-0.3, -0.25) is 4.98 Å². The van der Waals surface area contributed by atoms with Gasteiger partial charge in [0, 0.05) is 19.3 Å². The van der Waals surface area contributed by atoms with Gasteiger partial charge in [0.15, 0.2) is 16.6 Å². The number of pyridine rings is 1. The highest BCUT2D eigenvalue weighted by molar-refractivity contribution is 7.22. The van der Waals surface area contributed by atoms with Crippen LogP contribution in [0.4, 0.5) is 5.13 Å².